The number of aryl methyl sites for hydroxylation is 2. The van der Waals surface area contributed by atoms with Gasteiger partial charge in [-0.1, -0.05) is 25.7 Å². The minimum atomic E-state index is 1.01. The second-order valence-electron chi connectivity index (χ2n) is 4.44. The zero-order chi connectivity index (χ0) is 13.7. The average molecular weight is 241 g/mol. The molecule has 1 aromatic heterocycles. The van der Waals surface area contributed by atoms with E-state index in [9.17, 15) is 0 Å². The lowest BCUT2D eigenvalue weighted by Gasteiger charge is -2.17. The van der Waals surface area contributed by atoms with Crippen LogP contribution in [-0.4, -0.2) is 4.98 Å². The van der Waals surface area contributed by atoms with E-state index in [-0.39, 0.29) is 0 Å². The van der Waals surface area contributed by atoms with Crippen LogP contribution in [0.4, 0.5) is 0 Å². The molecule has 1 aromatic rings. The van der Waals surface area contributed by atoms with Crippen molar-refractivity contribution in [3.63, 3.8) is 0 Å². The summed E-state index contributed by atoms with van der Waals surface area (Å²) in [5.41, 5.74) is 7.16. The minimum absolute atomic E-state index is 1.01. The summed E-state index contributed by atoms with van der Waals surface area (Å²) >= 11 is 0. The topological polar surface area (TPSA) is 12.9 Å². The molecule has 96 valence electrons. The summed E-state index contributed by atoms with van der Waals surface area (Å²) in [5, 5.41) is 0. The second kappa shape index (κ2) is 6.34. The quantitative estimate of drug-likeness (QED) is 0.685. The van der Waals surface area contributed by atoms with E-state index in [1.54, 1.807) is 0 Å². The van der Waals surface area contributed by atoms with E-state index in [2.05, 4.69) is 57.5 Å². The highest BCUT2D eigenvalue weighted by molar-refractivity contribution is 5.84. The van der Waals surface area contributed by atoms with Crippen LogP contribution >= 0.6 is 0 Å². The van der Waals surface area contributed by atoms with Crippen molar-refractivity contribution < 1.29 is 0 Å². The average Bonchev–Trinajstić information content (AvgIpc) is 2.39. The Labute approximate surface area is 111 Å². The van der Waals surface area contributed by atoms with Crippen molar-refractivity contribution >= 4 is 5.57 Å². The van der Waals surface area contributed by atoms with Gasteiger partial charge >= 0.3 is 0 Å². The van der Waals surface area contributed by atoms with Crippen molar-refractivity contribution in [1.82, 2.24) is 4.98 Å². The molecule has 0 radical (unpaired) electrons. The number of hydrogen-bond acceptors (Lipinski definition) is 1. The third kappa shape index (κ3) is 2.79. The van der Waals surface area contributed by atoms with Gasteiger partial charge in [0, 0.05) is 17.5 Å². The molecule has 0 spiro atoms. The number of hydrogen-bond donors (Lipinski definition) is 0. The van der Waals surface area contributed by atoms with Gasteiger partial charge in [-0.3, -0.25) is 4.98 Å². The molecule has 0 aromatic carbocycles. The van der Waals surface area contributed by atoms with Gasteiger partial charge in [0.1, 0.15) is 0 Å². The molecule has 0 aliphatic carbocycles. The molecule has 0 unspecified atom stereocenters. The van der Waals surface area contributed by atoms with Gasteiger partial charge in [0.25, 0.3) is 0 Å². The predicted octanol–water partition coefficient (Wildman–Crippen LogP) is 4.88. The molecule has 1 rings (SSSR count). The van der Waals surface area contributed by atoms with E-state index in [1.807, 2.05) is 13.1 Å². The highest BCUT2D eigenvalue weighted by Gasteiger charge is 2.13. The summed E-state index contributed by atoms with van der Waals surface area (Å²) in [7, 11) is 0. The predicted molar refractivity (Wildman–Crippen MR) is 80.6 cm³/mol. The summed E-state index contributed by atoms with van der Waals surface area (Å²) in [6.45, 7) is 14.7. The molecule has 0 atom stereocenters. The molecule has 0 aliphatic heterocycles. The third-order valence-corrected chi connectivity index (χ3v) is 3.40. The van der Waals surface area contributed by atoms with Crippen LogP contribution in [-0.2, 0) is 6.42 Å². The monoisotopic (exact) mass is 241 g/mol. The van der Waals surface area contributed by atoms with Crippen molar-refractivity contribution in [2.75, 3.05) is 0 Å². The largest absolute Gasteiger partial charge is 0.261 e. The lowest BCUT2D eigenvalue weighted by Crippen LogP contribution is -2.01. The number of aromatic nitrogens is 1. The van der Waals surface area contributed by atoms with Crippen molar-refractivity contribution in [2.24, 2.45) is 0 Å². The van der Waals surface area contributed by atoms with E-state index in [1.165, 1.54) is 22.3 Å². The van der Waals surface area contributed by atoms with Crippen LogP contribution in [0, 0.1) is 6.92 Å². The first kappa shape index (κ1) is 14.4. The third-order valence-electron chi connectivity index (χ3n) is 3.40. The smallest absolute Gasteiger partial charge is 0.0453 e. The highest BCUT2D eigenvalue weighted by Crippen LogP contribution is 2.31. The Morgan fingerprint density at radius 2 is 2.00 bits per heavy atom. The summed E-state index contributed by atoms with van der Waals surface area (Å²) < 4.78 is 0. The maximum Gasteiger partial charge on any atom is 0.0453 e. The van der Waals surface area contributed by atoms with Crippen LogP contribution in [0.3, 0.4) is 0 Å². The highest BCUT2D eigenvalue weighted by atomic mass is 14.7. The molecule has 0 bridgehead atoms. The van der Waals surface area contributed by atoms with Crippen molar-refractivity contribution in [1.29, 1.82) is 0 Å². The molecule has 0 N–H and O–H groups in total. The van der Waals surface area contributed by atoms with Gasteiger partial charge < -0.3 is 0 Å². The van der Waals surface area contributed by atoms with Crippen molar-refractivity contribution in [2.45, 2.75) is 41.0 Å². The summed E-state index contributed by atoms with van der Waals surface area (Å²) in [6, 6.07) is 2.10. The number of nitrogens with zero attached hydrogens (tertiary/aromatic N) is 1. The van der Waals surface area contributed by atoms with Gasteiger partial charge in [-0.25, -0.2) is 0 Å². The van der Waals surface area contributed by atoms with E-state index < -0.39 is 0 Å². The van der Waals surface area contributed by atoms with Crippen LogP contribution in [0.15, 0.2) is 42.1 Å². The van der Waals surface area contributed by atoms with Crippen LogP contribution in [0.1, 0.15) is 44.5 Å². The Hall–Kier alpha value is -1.63. The number of rotatable bonds is 4. The first-order chi connectivity index (χ1) is 8.56. The Kier molecular flexibility index (Phi) is 5.08. The minimum Gasteiger partial charge on any atom is -0.261 e. The van der Waals surface area contributed by atoms with E-state index in [4.69, 9.17) is 0 Å². The van der Waals surface area contributed by atoms with Gasteiger partial charge in [0.15, 0.2) is 0 Å². The number of allylic oxidation sites excluding steroid dienone is 5. The summed E-state index contributed by atoms with van der Waals surface area (Å²) in [6.07, 6.45) is 7.14. The standard InChI is InChI=1S/C17H23N/c1-7-12(4)13(5)16(9-3)17-14(6)18-11-10-15(17)8-2/h7,9-11H,5,8H2,1-4,6H3/b12-7-,16-9-. The van der Waals surface area contributed by atoms with Gasteiger partial charge in [0.05, 0.1) is 0 Å². The molecule has 0 fully saturated rings. The van der Waals surface area contributed by atoms with Crippen LogP contribution in [0.25, 0.3) is 5.57 Å². The van der Waals surface area contributed by atoms with Gasteiger partial charge in [-0.05, 0) is 62.5 Å². The SMILES string of the molecule is C=C(/C(C)=C\C)/C(=C/C)c1c(CC)ccnc1C. The zero-order valence-corrected chi connectivity index (χ0v) is 12.2. The van der Waals surface area contributed by atoms with Crippen LogP contribution in [0.2, 0.25) is 0 Å². The Morgan fingerprint density at radius 3 is 2.50 bits per heavy atom. The molecule has 0 amide bonds. The molecule has 1 heterocycles. The van der Waals surface area contributed by atoms with Crippen LogP contribution < -0.4 is 0 Å². The zero-order valence-electron chi connectivity index (χ0n) is 12.2. The van der Waals surface area contributed by atoms with Gasteiger partial charge in [-0.2, -0.15) is 0 Å². The fourth-order valence-electron chi connectivity index (χ4n) is 2.14. The van der Waals surface area contributed by atoms with E-state index >= 15 is 0 Å². The normalized spacial score (nSPS) is 12.7. The van der Waals surface area contributed by atoms with E-state index in [0.29, 0.717) is 0 Å². The Balaban J connectivity index is 3.40. The molecule has 18 heavy (non-hydrogen) atoms. The summed E-state index contributed by atoms with van der Waals surface area (Å²) in [4.78, 5) is 4.42. The first-order valence-corrected chi connectivity index (χ1v) is 6.50. The molecule has 0 saturated carbocycles. The Morgan fingerprint density at radius 1 is 1.33 bits per heavy atom. The Bertz CT molecular complexity index is 504. The maximum absolute atomic E-state index is 4.42. The molecule has 0 aliphatic rings. The molecular weight excluding hydrogens is 218 g/mol. The molecule has 1 heteroatoms. The molecular formula is C17H23N. The fourth-order valence-corrected chi connectivity index (χ4v) is 2.14. The van der Waals surface area contributed by atoms with E-state index in [0.717, 1.165) is 17.7 Å². The lowest BCUT2D eigenvalue weighted by molar-refractivity contribution is 1.07. The summed E-state index contributed by atoms with van der Waals surface area (Å²) in [5.74, 6) is 0. The van der Waals surface area contributed by atoms with Gasteiger partial charge in [0.2, 0.25) is 0 Å². The van der Waals surface area contributed by atoms with Gasteiger partial charge in [-0.15, -0.1) is 0 Å². The second-order valence-corrected chi connectivity index (χ2v) is 4.44. The maximum atomic E-state index is 4.42. The fraction of sp³-hybridized carbons (Fsp3) is 0.353. The first-order valence-electron chi connectivity index (χ1n) is 6.50. The molecule has 0 saturated heterocycles. The molecule has 1 nitrogen and oxygen atoms in total. The van der Waals surface area contributed by atoms with Crippen molar-refractivity contribution in [3.05, 3.63) is 59.0 Å². The van der Waals surface area contributed by atoms with Crippen molar-refractivity contribution in [3.8, 4) is 0 Å². The lowest BCUT2D eigenvalue weighted by atomic mass is 9.89. The van der Waals surface area contributed by atoms with Crippen LogP contribution in [0.5, 0.6) is 0 Å². The number of pyridine rings is 1.